The minimum atomic E-state index is 0.182. The number of hydrogen-bond acceptors (Lipinski definition) is 7. The molecule has 1 aromatic carbocycles. The SMILES string of the molecule is Nc1nonc1-c1nc2cnccc2n1-c1ccc(OCCBr)cc1. The summed E-state index contributed by atoms with van der Waals surface area (Å²) >= 11 is 3.34. The number of hydrogen-bond donors (Lipinski definition) is 1. The van der Waals surface area contributed by atoms with Crippen LogP contribution in [0.25, 0.3) is 28.2 Å². The van der Waals surface area contributed by atoms with Crippen LogP contribution in [-0.2, 0) is 0 Å². The van der Waals surface area contributed by atoms with Gasteiger partial charge in [-0.2, -0.15) is 0 Å². The molecule has 4 aromatic rings. The summed E-state index contributed by atoms with van der Waals surface area (Å²) < 4.78 is 12.3. The van der Waals surface area contributed by atoms with Crippen LogP contribution in [0.3, 0.4) is 0 Å². The summed E-state index contributed by atoms with van der Waals surface area (Å²) in [6.07, 6.45) is 3.40. The van der Waals surface area contributed by atoms with Crippen LogP contribution < -0.4 is 10.5 Å². The minimum Gasteiger partial charge on any atom is -0.493 e. The Bertz CT molecular complexity index is 1010. The van der Waals surface area contributed by atoms with Gasteiger partial charge in [-0.3, -0.25) is 9.55 Å². The Hall–Kier alpha value is -2.94. The third-order valence-corrected chi connectivity index (χ3v) is 3.95. The predicted molar refractivity (Wildman–Crippen MR) is 95.9 cm³/mol. The van der Waals surface area contributed by atoms with E-state index in [9.17, 15) is 0 Å². The van der Waals surface area contributed by atoms with Crippen molar-refractivity contribution in [1.29, 1.82) is 0 Å². The number of rotatable bonds is 5. The fraction of sp³-hybridized carbons (Fsp3) is 0.125. The Kier molecular flexibility index (Phi) is 4.06. The van der Waals surface area contributed by atoms with E-state index >= 15 is 0 Å². The molecule has 0 aliphatic heterocycles. The van der Waals surface area contributed by atoms with Gasteiger partial charge in [-0.1, -0.05) is 15.9 Å². The molecule has 25 heavy (non-hydrogen) atoms. The number of anilines is 1. The molecule has 0 aliphatic carbocycles. The maximum absolute atomic E-state index is 5.86. The summed E-state index contributed by atoms with van der Waals surface area (Å²) in [6.45, 7) is 0.603. The largest absolute Gasteiger partial charge is 0.493 e. The Morgan fingerprint density at radius 2 is 2.00 bits per heavy atom. The van der Waals surface area contributed by atoms with Gasteiger partial charge in [0.2, 0.25) is 0 Å². The number of pyridine rings is 1. The highest BCUT2D eigenvalue weighted by Crippen LogP contribution is 2.30. The van der Waals surface area contributed by atoms with Crippen LogP contribution in [0.4, 0.5) is 5.82 Å². The molecule has 0 spiro atoms. The molecule has 8 nitrogen and oxygen atoms in total. The molecule has 0 fully saturated rings. The lowest BCUT2D eigenvalue weighted by Crippen LogP contribution is -2.01. The topological polar surface area (TPSA) is 105 Å². The molecule has 0 radical (unpaired) electrons. The van der Waals surface area contributed by atoms with Gasteiger partial charge >= 0.3 is 0 Å². The van der Waals surface area contributed by atoms with Crippen LogP contribution in [0.5, 0.6) is 5.75 Å². The Balaban J connectivity index is 1.87. The summed E-state index contributed by atoms with van der Waals surface area (Å²) in [6, 6.07) is 9.57. The first-order chi connectivity index (χ1) is 12.3. The third kappa shape index (κ3) is 2.82. The summed E-state index contributed by atoms with van der Waals surface area (Å²) in [5.74, 6) is 1.51. The first-order valence-electron chi connectivity index (χ1n) is 7.48. The first kappa shape index (κ1) is 15.6. The van der Waals surface area contributed by atoms with Gasteiger partial charge < -0.3 is 10.5 Å². The standard InChI is InChI=1S/C16H13BrN6O2/c17-6-8-24-11-3-1-10(2-4-11)23-13-5-7-19-9-12(13)20-16(23)14-15(18)22-25-21-14/h1-5,7,9H,6,8H2,(H2,18,22). The average molecular weight is 401 g/mol. The molecule has 3 heterocycles. The molecule has 4 rings (SSSR count). The van der Waals surface area contributed by atoms with Crippen molar-refractivity contribution in [2.24, 2.45) is 0 Å². The van der Waals surface area contributed by atoms with Gasteiger partial charge in [-0.25, -0.2) is 9.61 Å². The molecule has 9 heteroatoms. The summed E-state index contributed by atoms with van der Waals surface area (Å²) in [5, 5.41) is 8.30. The van der Waals surface area contributed by atoms with Crippen molar-refractivity contribution < 1.29 is 9.37 Å². The third-order valence-electron chi connectivity index (χ3n) is 3.62. The van der Waals surface area contributed by atoms with E-state index in [0.29, 0.717) is 18.1 Å². The Morgan fingerprint density at radius 1 is 1.16 bits per heavy atom. The van der Waals surface area contributed by atoms with E-state index in [1.54, 1.807) is 12.4 Å². The lowest BCUT2D eigenvalue weighted by Gasteiger charge is -2.09. The second kappa shape index (κ2) is 6.52. The van der Waals surface area contributed by atoms with Crippen molar-refractivity contribution in [2.75, 3.05) is 17.7 Å². The zero-order chi connectivity index (χ0) is 17.2. The summed E-state index contributed by atoms with van der Waals surface area (Å²) in [7, 11) is 0. The molecule has 0 saturated heterocycles. The highest BCUT2D eigenvalue weighted by molar-refractivity contribution is 9.09. The van der Waals surface area contributed by atoms with E-state index in [1.807, 2.05) is 34.9 Å². The van der Waals surface area contributed by atoms with Crippen molar-refractivity contribution in [3.05, 3.63) is 42.7 Å². The molecule has 0 aliphatic rings. The maximum atomic E-state index is 5.86. The van der Waals surface area contributed by atoms with Crippen molar-refractivity contribution >= 4 is 32.8 Å². The second-order valence-electron chi connectivity index (χ2n) is 5.16. The van der Waals surface area contributed by atoms with E-state index in [2.05, 4.69) is 36.2 Å². The number of imidazole rings is 1. The van der Waals surface area contributed by atoms with Gasteiger partial charge in [0, 0.05) is 17.2 Å². The van der Waals surface area contributed by atoms with E-state index in [4.69, 9.17) is 15.1 Å². The van der Waals surface area contributed by atoms with Gasteiger partial charge in [0.05, 0.1) is 18.3 Å². The molecular weight excluding hydrogens is 388 g/mol. The van der Waals surface area contributed by atoms with Crippen LogP contribution in [0.1, 0.15) is 0 Å². The van der Waals surface area contributed by atoms with E-state index in [-0.39, 0.29) is 5.82 Å². The maximum Gasteiger partial charge on any atom is 0.199 e. The van der Waals surface area contributed by atoms with E-state index < -0.39 is 0 Å². The molecule has 0 bridgehead atoms. The van der Waals surface area contributed by atoms with Crippen molar-refractivity contribution in [1.82, 2.24) is 24.8 Å². The van der Waals surface area contributed by atoms with E-state index in [1.165, 1.54) is 0 Å². The van der Waals surface area contributed by atoms with Crippen LogP contribution in [0.15, 0.2) is 47.4 Å². The van der Waals surface area contributed by atoms with Crippen LogP contribution in [-0.4, -0.2) is 36.8 Å². The van der Waals surface area contributed by atoms with Gasteiger partial charge in [-0.15, -0.1) is 0 Å². The van der Waals surface area contributed by atoms with Gasteiger partial charge in [0.15, 0.2) is 17.3 Å². The zero-order valence-corrected chi connectivity index (χ0v) is 14.5. The normalized spacial score (nSPS) is 11.1. The summed E-state index contributed by atoms with van der Waals surface area (Å²) in [5.41, 5.74) is 8.73. The molecular formula is C16H13BrN6O2. The fourth-order valence-electron chi connectivity index (χ4n) is 2.55. The highest BCUT2D eigenvalue weighted by Gasteiger charge is 2.20. The molecule has 0 amide bonds. The number of halogens is 1. The van der Waals surface area contributed by atoms with Crippen LogP contribution >= 0.6 is 15.9 Å². The monoisotopic (exact) mass is 400 g/mol. The second-order valence-corrected chi connectivity index (χ2v) is 5.96. The average Bonchev–Trinajstić information content (AvgIpc) is 3.23. The van der Waals surface area contributed by atoms with Gasteiger partial charge in [0.25, 0.3) is 0 Å². The number of benzene rings is 1. The fourth-order valence-corrected chi connectivity index (χ4v) is 2.71. The molecule has 0 atom stereocenters. The van der Waals surface area contributed by atoms with Crippen molar-refractivity contribution in [3.63, 3.8) is 0 Å². The smallest absolute Gasteiger partial charge is 0.199 e. The molecule has 0 saturated carbocycles. The van der Waals surface area contributed by atoms with E-state index in [0.717, 1.165) is 27.8 Å². The molecule has 0 unspecified atom stereocenters. The van der Waals surface area contributed by atoms with Crippen molar-refractivity contribution in [2.45, 2.75) is 0 Å². The quantitative estimate of drug-likeness (QED) is 0.513. The lowest BCUT2D eigenvalue weighted by molar-refractivity contribution is 0.310. The Labute approximate surface area is 150 Å². The van der Waals surface area contributed by atoms with Crippen molar-refractivity contribution in [3.8, 4) is 23.0 Å². The van der Waals surface area contributed by atoms with Crippen LogP contribution in [0.2, 0.25) is 0 Å². The minimum absolute atomic E-state index is 0.182. The number of nitrogens with two attached hydrogens (primary N) is 1. The number of nitrogens with zero attached hydrogens (tertiary/aromatic N) is 5. The highest BCUT2D eigenvalue weighted by atomic mass is 79.9. The Morgan fingerprint density at radius 3 is 2.72 bits per heavy atom. The number of fused-ring (bicyclic) bond motifs is 1. The van der Waals surface area contributed by atoms with Crippen LogP contribution in [0, 0.1) is 0 Å². The zero-order valence-electron chi connectivity index (χ0n) is 13.0. The lowest BCUT2D eigenvalue weighted by atomic mass is 10.2. The number of ether oxygens (including phenoxy) is 1. The number of aromatic nitrogens is 5. The number of nitrogen functional groups attached to an aromatic ring is 1. The first-order valence-corrected chi connectivity index (χ1v) is 8.60. The predicted octanol–water partition coefficient (Wildman–Crippen LogP) is 2.83. The molecule has 2 N–H and O–H groups in total. The molecule has 3 aromatic heterocycles. The summed E-state index contributed by atoms with van der Waals surface area (Å²) in [4.78, 5) is 8.71. The van der Waals surface area contributed by atoms with Gasteiger partial charge in [-0.05, 0) is 40.6 Å². The molecule has 126 valence electrons. The number of alkyl halides is 1. The van der Waals surface area contributed by atoms with Gasteiger partial charge in [0.1, 0.15) is 11.3 Å².